The van der Waals surface area contributed by atoms with Gasteiger partial charge in [0.05, 0.1) is 14.2 Å². The molecular formula is C18H20N2O4. The Morgan fingerprint density at radius 1 is 1.17 bits per heavy atom. The van der Waals surface area contributed by atoms with Gasteiger partial charge in [-0.2, -0.15) is 0 Å². The van der Waals surface area contributed by atoms with Gasteiger partial charge in [-0.05, 0) is 17.7 Å². The molecule has 126 valence electrons. The van der Waals surface area contributed by atoms with Gasteiger partial charge in [0, 0.05) is 36.8 Å². The van der Waals surface area contributed by atoms with Crippen LogP contribution in [0, 0.1) is 0 Å². The van der Waals surface area contributed by atoms with Crippen molar-refractivity contribution in [2.45, 2.75) is 5.92 Å². The molecule has 0 spiro atoms. The van der Waals surface area contributed by atoms with Crippen molar-refractivity contribution in [3.8, 4) is 17.2 Å². The van der Waals surface area contributed by atoms with Crippen molar-refractivity contribution in [1.29, 1.82) is 0 Å². The van der Waals surface area contributed by atoms with Gasteiger partial charge in [-0.25, -0.2) is 0 Å². The van der Waals surface area contributed by atoms with E-state index in [2.05, 4.69) is 0 Å². The van der Waals surface area contributed by atoms with Crippen LogP contribution in [-0.2, 0) is 0 Å². The Bertz CT molecular complexity index is 752. The Balaban J connectivity index is 1.76. The summed E-state index contributed by atoms with van der Waals surface area (Å²) in [5, 5.41) is 10.2. The Labute approximate surface area is 140 Å². The van der Waals surface area contributed by atoms with Crippen molar-refractivity contribution in [1.82, 2.24) is 4.90 Å². The van der Waals surface area contributed by atoms with Crippen LogP contribution in [0.15, 0.2) is 36.4 Å². The lowest BCUT2D eigenvalue weighted by Crippen LogP contribution is -2.48. The van der Waals surface area contributed by atoms with Gasteiger partial charge < -0.3 is 25.2 Å². The monoisotopic (exact) mass is 328 g/mol. The first-order valence-electron chi connectivity index (χ1n) is 7.63. The number of phenolic OH excluding ortho intramolecular Hbond substituents is 1. The molecule has 2 aromatic rings. The van der Waals surface area contributed by atoms with Gasteiger partial charge in [0.25, 0.3) is 5.91 Å². The molecule has 24 heavy (non-hydrogen) atoms. The summed E-state index contributed by atoms with van der Waals surface area (Å²) in [4.78, 5) is 14.4. The van der Waals surface area contributed by atoms with Crippen molar-refractivity contribution < 1.29 is 19.4 Å². The van der Waals surface area contributed by atoms with Crippen molar-refractivity contribution in [2.24, 2.45) is 0 Å². The lowest BCUT2D eigenvalue weighted by atomic mass is 9.90. The number of nitrogens with two attached hydrogens (primary N) is 1. The van der Waals surface area contributed by atoms with Crippen LogP contribution in [0.3, 0.4) is 0 Å². The number of phenols is 1. The molecule has 1 saturated heterocycles. The second-order valence-corrected chi connectivity index (χ2v) is 5.80. The highest BCUT2D eigenvalue weighted by Gasteiger charge is 2.34. The maximum atomic E-state index is 12.7. The lowest BCUT2D eigenvalue weighted by Gasteiger charge is -2.40. The zero-order chi connectivity index (χ0) is 17.3. The highest BCUT2D eigenvalue weighted by Crippen LogP contribution is 2.37. The fourth-order valence-corrected chi connectivity index (χ4v) is 2.85. The number of nitrogens with zero attached hydrogens (tertiary/aromatic N) is 1. The summed E-state index contributed by atoms with van der Waals surface area (Å²) in [6, 6.07) is 10.7. The van der Waals surface area contributed by atoms with Crippen LogP contribution in [-0.4, -0.2) is 43.2 Å². The molecule has 6 nitrogen and oxygen atoms in total. The molecule has 0 aliphatic carbocycles. The molecule has 0 aromatic heterocycles. The smallest absolute Gasteiger partial charge is 0.261 e. The van der Waals surface area contributed by atoms with Gasteiger partial charge in [-0.3, -0.25) is 4.79 Å². The summed E-state index contributed by atoms with van der Waals surface area (Å²) in [6.45, 7) is 1.19. The standard InChI is InChI=1S/C18H20N2O4/c1-23-14-7-15(21)17(16(8-14)24-2)18(22)20-9-12(10-20)11-3-5-13(19)6-4-11/h3-8,12,21H,9-10,19H2,1-2H3. The van der Waals surface area contributed by atoms with Gasteiger partial charge >= 0.3 is 0 Å². The van der Waals surface area contributed by atoms with E-state index in [4.69, 9.17) is 15.2 Å². The predicted molar refractivity (Wildman–Crippen MR) is 90.7 cm³/mol. The molecule has 3 rings (SSSR count). The van der Waals surface area contributed by atoms with Crippen LogP contribution in [0.4, 0.5) is 5.69 Å². The summed E-state index contributed by atoms with van der Waals surface area (Å²) in [7, 11) is 2.95. The first kappa shape index (κ1) is 16.0. The van der Waals surface area contributed by atoms with E-state index in [1.807, 2.05) is 24.3 Å². The summed E-state index contributed by atoms with van der Waals surface area (Å²) < 4.78 is 10.3. The molecule has 1 aliphatic rings. The van der Waals surface area contributed by atoms with Crippen molar-refractivity contribution in [3.05, 3.63) is 47.5 Å². The van der Waals surface area contributed by atoms with E-state index in [0.717, 1.165) is 11.3 Å². The van der Waals surface area contributed by atoms with Crippen molar-refractivity contribution >= 4 is 11.6 Å². The number of carbonyl (C=O) groups excluding carboxylic acids is 1. The molecule has 1 aliphatic heterocycles. The number of hydrogen-bond donors (Lipinski definition) is 2. The first-order chi connectivity index (χ1) is 11.5. The summed E-state index contributed by atoms with van der Waals surface area (Å²) >= 11 is 0. The van der Waals surface area contributed by atoms with Gasteiger partial charge in [-0.15, -0.1) is 0 Å². The molecule has 0 radical (unpaired) electrons. The molecule has 2 aromatic carbocycles. The average Bonchev–Trinajstić information content (AvgIpc) is 2.54. The molecule has 6 heteroatoms. The first-order valence-corrected chi connectivity index (χ1v) is 7.63. The number of carbonyl (C=O) groups is 1. The summed E-state index contributed by atoms with van der Waals surface area (Å²) in [5.41, 5.74) is 7.73. The number of aromatic hydroxyl groups is 1. The number of rotatable bonds is 4. The summed E-state index contributed by atoms with van der Waals surface area (Å²) in [5.74, 6) is 0.615. The Morgan fingerprint density at radius 3 is 2.42 bits per heavy atom. The third-order valence-corrected chi connectivity index (χ3v) is 4.30. The fraction of sp³-hybridized carbons (Fsp3) is 0.278. The number of hydrogen-bond acceptors (Lipinski definition) is 5. The molecular weight excluding hydrogens is 308 g/mol. The summed E-state index contributed by atoms with van der Waals surface area (Å²) in [6.07, 6.45) is 0. The minimum Gasteiger partial charge on any atom is -0.507 e. The molecule has 1 amide bonds. The number of ether oxygens (including phenoxy) is 2. The number of amides is 1. The average molecular weight is 328 g/mol. The Kier molecular flexibility index (Phi) is 4.20. The molecule has 0 bridgehead atoms. The highest BCUT2D eigenvalue weighted by molar-refractivity contribution is 6.00. The van der Waals surface area contributed by atoms with Gasteiger partial charge in [0.15, 0.2) is 0 Å². The van der Waals surface area contributed by atoms with Crippen molar-refractivity contribution in [2.75, 3.05) is 33.0 Å². The van der Waals surface area contributed by atoms with E-state index < -0.39 is 0 Å². The van der Waals surface area contributed by atoms with E-state index in [1.165, 1.54) is 20.3 Å². The zero-order valence-corrected chi connectivity index (χ0v) is 13.7. The Hall–Kier alpha value is -2.89. The lowest BCUT2D eigenvalue weighted by molar-refractivity contribution is 0.0595. The molecule has 0 atom stereocenters. The number of likely N-dealkylation sites (tertiary alicyclic amines) is 1. The number of methoxy groups -OCH3 is 2. The van der Waals surface area contributed by atoms with Crippen LogP contribution < -0.4 is 15.2 Å². The minimum absolute atomic E-state index is 0.146. The number of benzene rings is 2. The second kappa shape index (κ2) is 6.31. The molecule has 1 fully saturated rings. The van der Waals surface area contributed by atoms with Gasteiger partial charge in [0.2, 0.25) is 0 Å². The molecule has 0 saturated carbocycles. The van der Waals surface area contributed by atoms with E-state index in [0.29, 0.717) is 24.6 Å². The molecule has 1 heterocycles. The van der Waals surface area contributed by atoms with Gasteiger partial charge in [0.1, 0.15) is 22.8 Å². The fourth-order valence-electron chi connectivity index (χ4n) is 2.85. The Morgan fingerprint density at radius 2 is 1.83 bits per heavy atom. The topological polar surface area (TPSA) is 85.0 Å². The van der Waals surface area contributed by atoms with Crippen LogP contribution in [0.25, 0.3) is 0 Å². The van der Waals surface area contributed by atoms with Crippen LogP contribution in [0.5, 0.6) is 17.2 Å². The quantitative estimate of drug-likeness (QED) is 0.841. The SMILES string of the molecule is COc1cc(O)c(C(=O)N2CC(c3ccc(N)cc3)C2)c(OC)c1. The van der Waals surface area contributed by atoms with E-state index in [9.17, 15) is 9.90 Å². The van der Waals surface area contributed by atoms with Crippen LogP contribution >= 0.6 is 0 Å². The highest BCUT2D eigenvalue weighted by atomic mass is 16.5. The maximum Gasteiger partial charge on any atom is 0.261 e. The van der Waals surface area contributed by atoms with Crippen LogP contribution in [0.1, 0.15) is 21.8 Å². The van der Waals surface area contributed by atoms with Crippen molar-refractivity contribution in [3.63, 3.8) is 0 Å². The zero-order valence-electron chi connectivity index (χ0n) is 13.7. The third kappa shape index (κ3) is 2.82. The normalized spacial score (nSPS) is 14.2. The maximum absolute atomic E-state index is 12.7. The third-order valence-electron chi connectivity index (χ3n) is 4.30. The predicted octanol–water partition coefficient (Wildman–Crippen LogP) is 2.23. The largest absolute Gasteiger partial charge is 0.507 e. The second-order valence-electron chi connectivity index (χ2n) is 5.80. The molecule has 0 unspecified atom stereocenters. The molecule has 3 N–H and O–H groups in total. The van der Waals surface area contributed by atoms with E-state index >= 15 is 0 Å². The van der Waals surface area contributed by atoms with E-state index in [-0.39, 0.29) is 23.1 Å². The number of anilines is 1. The number of nitrogen functional groups attached to an aromatic ring is 1. The van der Waals surface area contributed by atoms with Gasteiger partial charge in [-0.1, -0.05) is 12.1 Å². The van der Waals surface area contributed by atoms with E-state index in [1.54, 1.807) is 11.0 Å². The minimum atomic E-state index is -0.251. The van der Waals surface area contributed by atoms with Crippen LogP contribution in [0.2, 0.25) is 0 Å².